The second kappa shape index (κ2) is 8.63. The van der Waals surface area contributed by atoms with Gasteiger partial charge >= 0.3 is 6.09 Å². The molecule has 5 nitrogen and oxygen atoms in total. The number of phenols is 1. The van der Waals surface area contributed by atoms with E-state index in [2.05, 4.69) is 46.9 Å². The van der Waals surface area contributed by atoms with Crippen LogP contribution in [0.3, 0.4) is 0 Å². The first-order valence-electron chi connectivity index (χ1n) is 7.34. The zero-order chi connectivity index (χ0) is 17.4. The molecule has 126 valence electrons. The highest BCUT2D eigenvalue weighted by molar-refractivity contribution is 5.64. The van der Waals surface area contributed by atoms with Crippen LogP contribution in [-0.2, 0) is 11.2 Å². The van der Waals surface area contributed by atoms with Crippen LogP contribution < -0.4 is 5.32 Å². The summed E-state index contributed by atoms with van der Waals surface area (Å²) < 4.78 is 5.62. The summed E-state index contributed by atoms with van der Waals surface area (Å²) in [7, 11) is 0. The van der Waals surface area contributed by atoms with E-state index >= 15 is 0 Å². The maximum atomic E-state index is 10.1. The van der Waals surface area contributed by atoms with E-state index < -0.39 is 6.09 Å². The fraction of sp³-hybridized carbons (Fsp3) is 0.588. The van der Waals surface area contributed by atoms with Crippen molar-refractivity contribution in [3.8, 4) is 5.75 Å². The second-order valence-electron chi connectivity index (χ2n) is 6.98. The summed E-state index contributed by atoms with van der Waals surface area (Å²) in [6.07, 6.45) is -0.383. The Bertz CT molecular complexity index is 429. The monoisotopic (exact) mass is 311 g/mol. The molecule has 0 radical (unpaired) electrons. The molecular weight excluding hydrogens is 282 g/mol. The molecule has 0 fully saturated rings. The van der Waals surface area contributed by atoms with Gasteiger partial charge in [0.1, 0.15) is 5.75 Å². The van der Waals surface area contributed by atoms with Crippen LogP contribution in [0, 0.1) is 0 Å². The third-order valence-electron chi connectivity index (χ3n) is 2.24. The van der Waals surface area contributed by atoms with Crippen molar-refractivity contribution in [3.05, 3.63) is 29.8 Å². The zero-order valence-corrected chi connectivity index (χ0v) is 14.4. The van der Waals surface area contributed by atoms with Gasteiger partial charge in [0.05, 0.1) is 11.2 Å². The fourth-order valence-corrected chi connectivity index (χ4v) is 1.89. The topological polar surface area (TPSA) is 78.8 Å². The minimum atomic E-state index is -1.02. The lowest BCUT2D eigenvalue weighted by molar-refractivity contribution is -0.102. The van der Waals surface area contributed by atoms with Crippen LogP contribution in [0.15, 0.2) is 24.3 Å². The Morgan fingerprint density at radius 1 is 1.05 bits per heavy atom. The number of carbonyl (C=O) groups is 1. The van der Waals surface area contributed by atoms with E-state index in [0.717, 1.165) is 5.56 Å². The number of nitrogens with one attached hydrogen (secondary N) is 1. The van der Waals surface area contributed by atoms with E-state index in [9.17, 15) is 4.79 Å². The Morgan fingerprint density at radius 2 is 1.50 bits per heavy atom. The Balaban J connectivity index is 0.000000433. The number of amides is 1. The lowest BCUT2D eigenvalue weighted by atomic mass is 10.1. The van der Waals surface area contributed by atoms with Gasteiger partial charge in [0.25, 0.3) is 0 Å². The number of hydrogen-bond donors (Lipinski definition) is 3. The van der Waals surface area contributed by atoms with Crippen molar-refractivity contribution in [2.75, 3.05) is 6.54 Å². The van der Waals surface area contributed by atoms with E-state index in [-0.39, 0.29) is 17.0 Å². The minimum Gasteiger partial charge on any atom is -0.508 e. The van der Waals surface area contributed by atoms with Gasteiger partial charge in [-0.1, -0.05) is 12.1 Å². The second-order valence-corrected chi connectivity index (χ2v) is 6.98. The number of hydrogen-bond acceptors (Lipinski definition) is 3. The van der Waals surface area contributed by atoms with Crippen LogP contribution in [0.5, 0.6) is 5.75 Å². The Hall–Kier alpha value is -1.75. The predicted octanol–water partition coefficient (Wildman–Crippen LogP) is 3.80. The quantitative estimate of drug-likeness (QED) is 0.793. The summed E-state index contributed by atoms with van der Waals surface area (Å²) in [6, 6.07) is 6.68. The van der Waals surface area contributed by atoms with Crippen molar-refractivity contribution in [3.63, 3.8) is 0 Å². The minimum absolute atomic E-state index is 0.0156. The van der Waals surface area contributed by atoms with E-state index in [1.54, 1.807) is 24.3 Å². The molecule has 1 amide bonds. The molecule has 1 rings (SSSR count). The van der Waals surface area contributed by atoms with Gasteiger partial charge < -0.3 is 20.3 Å². The van der Waals surface area contributed by atoms with Crippen LogP contribution in [-0.4, -0.2) is 34.1 Å². The van der Waals surface area contributed by atoms with E-state index in [0.29, 0.717) is 13.0 Å². The molecular formula is C17H29NO4. The Labute approximate surface area is 133 Å². The third kappa shape index (κ3) is 13.2. The SMILES string of the molecule is CC(C)(C)OC(C)(C)C.O=C(O)NCCc1ccc(O)cc1. The van der Waals surface area contributed by atoms with Crippen molar-refractivity contribution in [2.45, 2.75) is 59.2 Å². The summed E-state index contributed by atoms with van der Waals surface area (Å²) in [5, 5.41) is 19.5. The van der Waals surface area contributed by atoms with Gasteiger partial charge in [-0.25, -0.2) is 4.79 Å². The molecule has 0 aliphatic heterocycles. The van der Waals surface area contributed by atoms with Crippen LogP contribution in [0.25, 0.3) is 0 Å². The van der Waals surface area contributed by atoms with Gasteiger partial charge in [0.15, 0.2) is 0 Å². The molecule has 1 aromatic carbocycles. The maximum Gasteiger partial charge on any atom is 0.404 e. The predicted molar refractivity (Wildman–Crippen MR) is 88.4 cm³/mol. The summed E-state index contributed by atoms with van der Waals surface area (Å²) in [6.45, 7) is 12.8. The van der Waals surface area contributed by atoms with Crippen molar-refractivity contribution < 1.29 is 19.7 Å². The molecule has 0 aliphatic carbocycles. The van der Waals surface area contributed by atoms with E-state index in [1.807, 2.05) is 0 Å². The number of phenolic OH excluding ortho intramolecular Hbond substituents is 1. The Kier molecular flexibility index (Phi) is 7.95. The largest absolute Gasteiger partial charge is 0.508 e. The number of rotatable bonds is 3. The molecule has 0 spiro atoms. The van der Waals surface area contributed by atoms with Crippen LogP contribution in [0.4, 0.5) is 4.79 Å². The molecule has 0 saturated carbocycles. The molecule has 0 saturated heterocycles. The lowest BCUT2D eigenvalue weighted by Gasteiger charge is -2.30. The van der Waals surface area contributed by atoms with Crippen molar-refractivity contribution >= 4 is 6.09 Å². The zero-order valence-electron chi connectivity index (χ0n) is 14.4. The van der Waals surface area contributed by atoms with Gasteiger partial charge in [-0.2, -0.15) is 0 Å². The lowest BCUT2D eigenvalue weighted by Crippen LogP contribution is -2.31. The Morgan fingerprint density at radius 3 is 1.82 bits per heavy atom. The first-order valence-corrected chi connectivity index (χ1v) is 7.34. The van der Waals surface area contributed by atoms with E-state index in [1.165, 1.54) is 0 Å². The summed E-state index contributed by atoms with van der Waals surface area (Å²) in [5.41, 5.74) is 0.961. The standard InChI is InChI=1S/C9H11NO3.C8H18O/c11-8-3-1-7(2-4-8)5-6-10-9(12)13;1-7(2,3)9-8(4,5)6/h1-4,10-11H,5-6H2,(H,12,13);1-6H3. The smallest absolute Gasteiger partial charge is 0.404 e. The van der Waals surface area contributed by atoms with Gasteiger partial charge in [-0.15, -0.1) is 0 Å². The molecule has 5 heteroatoms. The first kappa shape index (κ1) is 20.2. The highest BCUT2D eigenvalue weighted by atomic mass is 16.5. The number of aromatic hydroxyl groups is 1. The fourth-order valence-electron chi connectivity index (χ4n) is 1.89. The van der Waals surface area contributed by atoms with Gasteiger partial charge in [0.2, 0.25) is 0 Å². The first-order chi connectivity index (χ1) is 9.89. The molecule has 0 heterocycles. The van der Waals surface area contributed by atoms with E-state index in [4.69, 9.17) is 14.9 Å². The summed E-state index contributed by atoms with van der Waals surface area (Å²) >= 11 is 0. The number of carboxylic acid groups (broad SMARTS) is 1. The highest BCUT2D eigenvalue weighted by Gasteiger charge is 2.19. The third-order valence-corrected chi connectivity index (χ3v) is 2.24. The van der Waals surface area contributed by atoms with Gasteiger partial charge in [-0.05, 0) is 65.7 Å². The average Bonchev–Trinajstić information content (AvgIpc) is 2.27. The summed E-state index contributed by atoms with van der Waals surface area (Å²) in [4.78, 5) is 10.1. The van der Waals surface area contributed by atoms with Crippen molar-refractivity contribution in [1.82, 2.24) is 5.32 Å². The summed E-state index contributed by atoms with van der Waals surface area (Å²) in [5.74, 6) is 0.218. The molecule has 0 aliphatic rings. The number of benzene rings is 1. The van der Waals surface area contributed by atoms with Crippen molar-refractivity contribution in [2.24, 2.45) is 0 Å². The average molecular weight is 311 g/mol. The maximum absolute atomic E-state index is 10.1. The molecule has 0 bridgehead atoms. The van der Waals surface area contributed by atoms with Gasteiger partial charge in [-0.3, -0.25) is 0 Å². The molecule has 22 heavy (non-hydrogen) atoms. The molecule has 0 aromatic heterocycles. The van der Waals surface area contributed by atoms with Crippen LogP contribution in [0.1, 0.15) is 47.1 Å². The number of ether oxygens (including phenoxy) is 1. The van der Waals surface area contributed by atoms with Crippen LogP contribution in [0.2, 0.25) is 0 Å². The normalized spacial score (nSPS) is 11.4. The van der Waals surface area contributed by atoms with Crippen LogP contribution >= 0.6 is 0 Å². The van der Waals surface area contributed by atoms with Crippen molar-refractivity contribution in [1.29, 1.82) is 0 Å². The molecule has 0 atom stereocenters. The molecule has 0 unspecified atom stereocenters. The highest BCUT2D eigenvalue weighted by Crippen LogP contribution is 2.18. The molecule has 3 N–H and O–H groups in total. The van der Waals surface area contributed by atoms with Gasteiger partial charge in [0, 0.05) is 6.54 Å². The molecule has 1 aromatic rings.